The van der Waals surface area contributed by atoms with Gasteiger partial charge in [-0.3, -0.25) is 4.90 Å². The quantitative estimate of drug-likeness (QED) is 0.689. The molecule has 2 bridgehead atoms. The SMILES string of the molecule is CCCN[C@H]1CCN2CCO[C@H]1C2. The van der Waals surface area contributed by atoms with Crippen LogP contribution in [0, 0.1) is 0 Å². The predicted octanol–water partition coefficient (Wildman–Crippen LogP) is 0.459. The molecule has 0 aromatic rings. The van der Waals surface area contributed by atoms with Gasteiger partial charge in [0.2, 0.25) is 0 Å². The molecule has 0 aromatic carbocycles. The van der Waals surface area contributed by atoms with Gasteiger partial charge in [0.25, 0.3) is 0 Å². The third-order valence-electron chi connectivity index (χ3n) is 3.04. The summed E-state index contributed by atoms with van der Waals surface area (Å²) in [5.74, 6) is 0. The lowest BCUT2D eigenvalue weighted by molar-refractivity contribution is -0.0718. The van der Waals surface area contributed by atoms with E-state index in [4.69, 9.17) is 4.74 Å². The highest BCUT2D eigenvalue weighted by atomic mass is 16.5. The molecule has 13 heavy (non-hydrogen) atoms. The van der Waals surface area contributed by atoms with Crippen LogP contribution in [0.4, 0.5) is 0 Å². The fourth-order valence-corrected chi connectivity index (χ4v) is 2.25. The molecule has 76 valence electrons. The van der Waals surface area contributed by atoms with Gasteiger partial charge in [0.15, 0.2) is 0 Å². The van der Waals surface area contributed by atoms with Crippen LogP contribution in [0.3, 0.4) is 0 Å². The summed E-state index contributed by atoms with van der Waals surface area (Å²) >= 11 is 0. The van der Waals surface area contributed by atoms with Gasteiger partial charge in [-0.15, -0.1) is 0 Å². The molecule has 2 aliphatic rings. The third-order valence-corrected chi connectivity index (χ3v) is 3.04. The van der Waals surface area contributed by atoms with Gasteiger partial charge in [-0.05, 0) is 25.9 Å². The second-order valence-electron chi connectivity index (χ2n) is 4.06. The third kappa shape index (κ3) is 2.22. The Hall–Kier alpha value is -0.120. The second-order valence-corrected chi connectivity index (χ2v) is 4.06. The van der Waals surface area contributed by atoms with Gasteiger partial charge < -0.3 is 10.1 Å². The Bertz CT molecular complexity index is 161. The summed E-state index contributed by atoms with van der Waals surface area (Å²) in [6.07, 6.45) is 2.92. The molecule has 2 heterocycles. The molecule has 3 nitrogen and oxygen atoms in total. The van der Waals surface area contributed by atoms with Crippen LogP contribution >= 0.6 is 0 Å². The van der Waals surface area contributed by atoms with Crippen LogP contribution in [0.15, 0.2) is 0 Å². The van der Waals surface area contributed by atoms with Crippen molar-refractivity contribution in [1.82, 2.24) is 10.2 Å². The lowest BCUT2D eigenvalue weighted by atomic mass is 10.0. The Kier molecular flexibility index (Phi) is 3.19. The first kappa shape index (κ1) is 9.44. The number of nitrogens with one attached hydrogen (secondary N) is 1. The minimum Gasteiger partial charge on any atom is -0.374 e. The summed E-state index contributed by atoms with van der Waals surface area (Å²) < 4.78 is 5.75. The first-order chi connectivity index (χ1) is 6.40. The standard InChI is InChI=1S/C10H20N2O/c1-2-4-11-9-3-5-12-6-7-13-10(9)8-12/h9-11H,2-8H2,1H3/t9-,10-/m0/s1. The van der Waals surface area contributed by atoms with Gasteiger partial charge >= 0.3 is 0 Å². The molecule has 0 aliphatic carbocycles. The average molecular weight is 184 g/mol. The maximum absolute atomic E-state index is 5.75. The highest BCUT2D eigenvalue weighted by Crippen LogP contribution is 2.17. The van der Waals surface area contributed by atoms with Crippen LogP contribution in [-0.4, -0.2) is 49.8 Å². The molecule has 2 fully saturated rings. The van der Waals surface area contributed by atoms with Gasteiger partial charge in [-0.2, -0.15) is 0 Å². The lowest BCUT2D eigenvalue weighted by Gasteiger charge is -2.42. The minimum absolute atomic E-state index is 0.453. The molecule has 3 heteroatoms. The Morgan fingerprint density at radius 3 is 3.23 bits per heavy atom. The minimum atomic E-state index is 0.453. The smallest absolute Gasteiger partial charge is 0.0855 e. The van der Waals surface area contributed by atoms with E-state index in [2.05, 4.69) is 17.1 Å². The van der Waals surface area contributed by atoms with E-state index in [1.165, 1.54) is 19.4 Å². The molecule has 0 radical (unpaired) electrons. The van der Waals surface area contributed by atoms with Crippen molar-refractivity contribution < 1.29 is 4.74 Å². The van der Waals surface area contributed by atoms with Gasteiger partial charge in [-0.1, -0.05) is 6.92 Å². The first-order valence-electron chi connectivity index (χ1n) is 5.47. The number of nitrogens with zero attached hydrogens (tertiary/aromatic N) is 1. The van der Waals surface area contributed by atoms with E-state index >= 15 is 0 Å². The number of ether oxygens (including phenoxy) is 1. The predicted molar refractivity (Wildman–Crippen MR) is 52.9 cm³/mol. The van der Waals surface area contributed by atoms with E-state index < -0.39 is 0 Å². The molecular weight excluding hydrogens is 164 g/mol. The molecule has 3 atom stereocenters. The molecule has 0 saturated carbocycles. The van der Waals surface area contributed by atoms with E-state index in [1.54, 1.807) is 0 Å². The Morgan fingerprint density at radius 1 is 1.46 bits per heavy atom. The van der Waals surface area contributed by atoms with Crippen molar-refractivity contribution in [2.24, 2.45) is 0 Å². The topological polar surface area (TPSA) is 24.5 Å². The van der Waals surface area contributed by atoms with E-state index in [1.807, 2.05) is 0 Å². The maximum Gasteiger partial charge on any atom is 0.0855 e. The number of hydrogen-bond donors (Lipinski definition) is 1. The average Bonchev–Trinajstić information content (AvgIpc) is 2.18. The number of fused-ring (bicyclic) bond motifs is 2. The van der Waals surface area contributed by atoms with Crippen molar-refractivity contribution in [3.05, 3.63) is 0 Å². The molecule has 0 aromatic heterocycles. The summed E-state index contributed by atoms with van der Waals surface area (Å²) in [4.78, 5) is 2.51. The zero-order valence-corrected chi connectivity index (χ0v) is 8.46. The van der Waals surface area contributed by atoms with E-state index in [9.17, 15) is 0 Å². The van der Waals surface area contributed by atoms with Gasteiger partial charge in [-0.25, -0.2) is 0 Å². The highest BCUT2D eigenvalue weighted by Gasteiger charge is 2.32. The van der Waals surface area contributed by atoms with E-state index in [-0.39, 0.29) is 0 Å². The summed E-state index contributed by atoms with van der Waals surface area (Å²) in [5.41, 5.74) is 0. The molecule has 2 aliphatic heterocycles. The molecule has 1 unspecified atom stereocenters. The Morgan fingerprint density at radius 2 is 2.38 bits per heavy atom. The van der Waals surface area contributed by atoms with Crippen molar-refractivity contribution in [3.63, 3.8) is 0 Å². The fourth-order valence-electron chi connectivity index (χ4n) is 2.25. The molecular formula is C10H20N2O. The summed E-state index contributed by atoms with van der Waals surface area (Å²) in [5, 5.41) is 3.58. The normalized spacial score (nSPS) is 39.0. The van der Waals surface area contributed by atoms with Crippen LogP contribution in [0.1, 0.15) is 19.8 Å². The van der Waals surface area contributed by atoms with Crippen LogP contribution in [-0.2, 0) is 4.74 Å². The van der Waals surface area contributed by atoms with Gasteiger partial charge in [0.05, 0.1) is 12.7 Å². The van der Waals surface area contributed by atoms with Gasteiger partial charge in [0, 0.05) is 19.1 Å². The van der Waals surface area contributed by atoms with Crippen molar-refractivity contribution >= 4 is 0 Å². The molecule has 1 N–H and O–H groups in total. The summed E-state index contributed by atoms with van der Waals surface area (Å²) in [7, 11) is 0. The molecule has 2 rings (SSSR count). The summed E-state index contributed by atoms with van der Waals surface area (Å²) in [6.45, 7) is 7.79. The van der Waals surface area contributed by atoms with Gasteiger partial charge in [0.1, 0.15) is 0 Å². The molecule has 0 amide bonds. The zero-order valence-electron chi connectivity index (χ0n) is 8.46. The van der Waals surface area contributed by atoms with Crippen molar-refractivity contribution in [2.75, 3.05) is 32.8 Å². The molecule has 0 spiro atoms. The number of hydrogen-bond acceptors (Lipinski definition) is 3. The highest BCUT2D eigenvalue weighted by molar-refractivity contribution is 4.88. The Balaban J connectivity index is 1.83. The monoisotopic (exact) mass is 184 g/mol. The van der Waals surface area contributed by atoms with Crippen molar-refractivity contribution in [2.45, 2.75) is 31.9 Å². The lowest BCUT2D eigenvalue weighted by Crippen LogP contribution is -2.57. The van der Waals surface area contributed by atoms with Crippen molar-refractivity contribution in [1.29, 1.82) is 0 Å². The van der Waals surface area contributed by atoms with Crippen LogP contribution in [0.5, 0.6) is 0 Å². The van der Waals surface area contributed by atoms with Crippen LogP contribution in [0.25, 0.3) is 0 Å². The number of rotatable bonds is 3. The zero-order chi connectivity index (χ0) is 9.10. The van der Waals surface area contributed by atoms with Crippen molar-refractivity contribution in [3.8, 4) is 0 Å². The Labute approximate surface area is 80.4 Å². The maximum atomic E-state index is 5.75. The van der Waals surface area contributed by atoms with Crippen LogP contribution in [0.2, 0.25) is 0 Å². The van der Waals surface area contributed by atoms with Crippen LogP contribution < -0.4 is 5.32 Å². The largest absolute Gasteiger partial charge is 0.374 e. The molecule has 2 saturated heterocycles. The second kappa shape index (κ2) is 4.40. The fraction of sp³-hybridized carbons (Fsp3) is 1.00. The van der Waals surface area contributed by atoms with E-state index in [0.29, 0.717) is 12.1 Å². The summed E-state index contributed by atoms with van der Waals surface area (Å²) in [6, 6.07) is 0.608. The number of piperidine rings is 1. The number of morpholine rings is 1. The first-order valence-corrected chi connectivity index (χ1v) is 5.47. The van der Waals surface area contributed by atoms with E-state index in [0.717, 1.165) is 26.2 Å².